The average molecular weight is 404 g/mol. The maximum atomic E-state index is 13.4. The molecular weight excluding hydrogens is 384 g/mol. The highest BCUT2D eigenvalue weighted by Crippen LogP contribution is 2.40. The van der Waals surface area contributed by atoms with Crippen molar-refractivity contribution in [1.29, 1.82) is 0 Å². The smallest absolute Gasteiger partial charge is 0.425 e. The number of aliphatic hydroxyl groups is 1. The van der Waals surface area contributed by atoms with E-state index in [1.54, 1.807) is 6.92 Å². The first-order valence-corrected chi connectivity index (χ1v) is 8.31. The molecule has 0 aromatic heterocycles. The first-order chi connectivity index (χ1) is 13.0. The standard InChI is InChI=1S/C19H20F4O5/c1-3-27-16(24)12-13(17(25)28-4-2)6-5-11-18(26,19(21,22)23)14-7-9-15(20)10-8-14/h5-11,26H,3-4,12H2,1-2H3/b11-5+,13-6+. The summed E-state index contributed by atoms with van der Waals surface area (Å²) in [4.78, 5) is 23.5. The van der Waals surface area contributed by atoms with Gasteiger partial charge in [-0.1, -0.05) is 24.3 Å². The van der Waals surface area contributed by atoms with Crippen molar-refractivity contribution in [2.75, 3.05) is 13.2 Å². The summed E-state index contributed by atoms with van der Waals surface area (Å²) in [6.45, 7) is 3.12. The molecule has 1 unspecified atom stereocenters. The highest BCUT2D eigenvalue weighted by molar-refractivity contribution is 5.94. The van der Waals surface area contributed by atoms with Crippen LogP contribution in [0.3, 0.4) is 0 Å². The second kappa shape index (κ2) is 10.0. The molecule has 0 aliphatic carbocycles. The van der Waals surface area contributed by atoms with Gasteiger partial charge in [-0.05, 0) is 37.6 Å². The van der Waals surface area contributed by atoms with Crippen molar-refractivity contribution in [3.05, 3.63) is 59.4 Å². The minimum atomic E-state index is -5.12. The number of carbonyl (C=O) groups is 2. The zero-order valence-electron chi connectivity index (χ0n) is 15.3. The quantitative estimate of drug-likeness (QED) is 0.310. The van der Waals surface area contributed by atoms with E-state index >= 15 is 0 Å². The Morgan fingerprint density at radius 3 is 2.14 bits per heavy atom. The molecule has 9 heteroatoms. The van der Waals surface area contributed by atoms with Gasteiger partial charge in [-0.2, -0.15) is 13.2 Å². The van der Waals surface area contributed by atoms with E-state index < -0.39 is 41.5 Å². The molecule has 0 heterocycles. The zero-order valence-corrected chi connectivity index (χ0v) is 15.3. The topological polar surface area (TPSA) is 72.8 Å². The highest BCUT2D eigenvalue weighted by atomic mass is 19.4. The molecule has 0 fully saturated rings. The molecular formula is C19H20F4O5. The van der Waals surface area contributed by atoms with Gasteiger partial charge in [0.25, 0.3) is 0 Å². The second-order valence-corrected chi connectivity index (χ2v) is 5.52. The maximum Gasteiger partial charge on any atom is 0.425 e. The van der Waals surface area contributed by atoms with E-state index in [4.69, 9.17) is 9.47 Å². The van der Waals surface area contributed by atoms with Crippen LogP contribution < -0.4 is 0 Å². The van der Waals surface area contributed by atoms with Crippen molar-refractivity contribution < 1.29 is 41.7 Å². The van der Waals surface area contributed by atoms with Gasteiger partial charge in [0, 0.05) is 5.57 Å². The van der Waals surface area contributed by atoms with Gasteiger partial charge in [0.2, 0.25) is 5.60 Å². The summed E-state index contributed by atoms with van der Waals surface area (Å²) in [6, 6.07) is 3.14. The van der Waals surface area contributed by atoms with Crippen LogP contribution in [0, 0.1) is 5.82 Å². The van der Waals surface area contributed by atoms with Crippen molar-refractivity contribution in [2.45, 2.75) is 32.0 Å². The number of hydrogen-bond acceptors (Lipinski definition) is 5. The van der Waals surface area contributed by atoms with E-state index in [0.717, 1.165) is 36.4 Å². The summed E-state index contributed by atoms with van der Waals surface area (Å²) in [5, 5.41) is 10.2. The second-order valence-electron chi connectivity index (χ2n) is 5.52. The Hall–Kier alpha value is -2.68. The molecule has 1 aromatic carbocycles. The van der Waals surface area contributed by atoms with Crippen LogP contribution >= 0.6 is 0 Å². The molecule has 0 amide bonds. The minimum Gasteiger partial charge on any atom is -0.466 e. The van der Waals surface area contributed by atoms with E-state index in [0.29, 0.717) is 6.08 Å². The lowest BCUT2D eigenvalue weighted by atomic mass is 9.92. The molecule has 0 aliphatic heterocycles. The minimum absolute atomic E-state index is 0.00915. The molecule has 1 aromatic rings. The highest BCUT2D eigenvalue weighted by Gasteiger charge is 2.53. The van der Waals surface area contributed by atoms with E-state index in [1.807, 2.05) is 0 Å². The summed E-state index contributed by atoms with van der Waals surface area (Å²) < 4.78 is 62.7. The molecule has 1 N–H and O–H groups in total. The Kier molecular flexibility index (Phi) is 8.36. The monoisotopic (exact) mass is 404 g/mol. The van der Waals surface area contributed by atoms with E-state index in [2.05, 4.69) is 0 Å². The third-order valence-corrected chi connectivity index (χ3v) is 3.53. The molecule has 0 saturated heterocycles. The lowest BCUT2D eigenvalue weighted by Gasteiger charge is -2.27. The first-order valence-electron chi connectivity index (χ1n) is 8.31. The van der Waals surface area contributed by atoms with Gasteiger partial charge in [-0.25, -0.2) is 9.18 Å². The van der Waals surface area contributed by atoms with E-state index in [9.17, 15) is 32.3 Å². The fourth-order valence-electron chi connectivity index (χ4n) is 2.15. The van der Waals surface area contributed by atoms with Gasteiger partial charge in [-0.3, -0.25) is 4.79 Å². The third-order valence-electron chi connectivity index (χ3n) is 3.53. The van der Waals surface area contributed by atoms with Crippen molar-refractivity contribution >= 4 is 11.9 Å². The van der Waals surface area contributed by atoms with Crippen molar-refractivity contribution in [3.63, 3.8) is 0 Å². The SMILES string of the molecule is CCOC(=O)C/C(=C\C=C\C(O)(c1ccc(F)cc1)C(F)(F)F)C(=O)OCC. The Bertz CT molecular complexity index is 738. The normalized spacial score (nSPS) is 14.6. The van der Waals surface area contributed by atoms with Gasteiger partial charge in [0.05, 0.1) is 19.6 Å². The van der Waals surface area contributed by atoms with Crippen LogP contribution in [0.25, 0.3) is 0 Å². The van der Waals surface area contributed by atoms with Gasteiger partial charge in [-0.15, -0.1) is 0 Å². The summed E-state index contributed by atoms with van der Waals surface area (Å²) in [5.74, 6) is -2.44. The number of esters is 2. The van der Waals surface area contributed by atoms with Crippen LogP contribution in [0.2, 0.25) is 0 Å². The maximum absolute atomic E-state index is 13.4. The van der Waals surface area contributed by atoms with E-state index in [-0.39, 0.29) is 18.8 Å². The van der Waals surface area contributed by atoms with Crippen LogP contribution in [-0.2, 0) is 24.7 Å². The number of halogens is 4. The molecule has 0 saturated carbocycles. The lowest BCUT2D eigenvalue weighted by molar-refractivity contribution is -0.245. The molecule has 1 atom stereocenters. The van der Waals surface area contributed by atoms with Gasteiger partial charge >= 0.3 is 18.1 Å². The van der Waals surface area contributed by atoms with E-state index in [1.165, 1.54) is 6.92 Å². The molecule has 1 rings (SSSR count). The summed E-state index contributed by atoms with van der Waals surface area (Å²) in [6.07, 6.45) is -3.54. The van der Waals surface area contributed by atoms with Crippen LogP contribution in [0.15, 0.2) is 48.1 Å². The van der Waals surface area contributed by atoms with Crippen LogP contribution in [-0.4, -0.2) is 36.4 Å². The molecule has 0 aliphatic rings. The predicted octanol–water partition coefficient (Wildman–Crippen LogP) is 3.57. The Morgan fingerprint density at radius 1 is 1.07 bits per heavy atom. The molecule has 154 valence electrons. The lowest BCUT2D eigenvalue weighted by Crippen LogP contribution is -2.40. The number of ether oxygens (including phenoxy) is 2. The van der Waals surface area contributed by atoms with Crippen LogP contribution in [0.1, 0.15) is 25.8 Å². The first kappa shape index (κ1) is 23.4. The molecule has 0 radical (unpaired) electrons. The number of allylic oxidation sites excluding steroid dienone is 2. The number of benzene rings is 1. The molecule has 0 spiro atoms. The molecule has 28 heavy (non-hydrogen) atoms. The van der Waals surface area contributed by atoms with Crippen molar-refractivity contribution in [1.82, 2.24) is 0 Å². The largest absolute Gasteiger partial charge is 0.466 e. The van der Waals surface area contributed by atoms with Gasteiger partial charge in [0.15, 0.2) is 0 Å². The van der Waals surface area contributed by atoms with Crippen molar-refractivity contribution in [3.8, 4) is 0 Å². The zero-order chi connectivity index (χ0) is 21.4. The molecule has 0 bridgehead atoms. The Labute approximate surface area is 159 Å². The summed E-state index contributed by atoms with van der Waals surface area (Å²) in [7, 11) is 0. The predicted molar refractivity (Wildman–Crippen MR) is 91.5 cm³/mol. The van der Waals surface area contributed by atoms with Crippen LogP contribution in [0.4, 0.5) is 17.6 Å². The Balaban J connectivity index is 3.24. The summed E-state index contributed by atoms with van der Waals surface area (Å²) >= 11 is 0. The fraction of sp³-hybridized carbons (Fsp3) is 0.368. The van der Waals surface area contributed by atoms with Crippen LogP contribution in [0.5, 0.6) is 0 Å². The molecule has 5 nitrogen and oxygen atoms in total. The fourth-order valence-corrected chi connectivity index (χ4v) is 2.15. The average Bonchev–Trinajstić information content (AvgIpc) is 2.60. The number of carbonyl (C=O) groups excluding carboxylic acids is 2. The van der Waals surface area contributed by atoms with Gasteiger partial charge < -0.3 is 14.6 Å². The number of alkyl halides is 3. The Morgan fingerprint density at radius 2 is 1.64 bits per heavy atom. The third kappa shape index (κ3) is 6.19. The number of hydrogen-bond donors (Lipinski definition) is 1. The number of rotatable bonds is 8. The summed E-state index contributed by atoms with van der Waals surface area (Å²) in [5.41, 5.74) is -4.30. The van der Waals surface area contributed by atoms with Crippen molar-refractivity contribution in [2.24, 2.45) is 0 Å². The van der Waals surface area contributed by atoms with Gasteiger partial charge in [0.1, 0.15) is 5.82 Å².